The van der Waals surface area contributed by atoms with Crippen LogP contribution in [0.3, 0.4) is 0 Å². The molecule has 1 aromatic heterocycles. The Morgan fingerprint density at radius 3 is 3.11 bits per heavy atom. The number of fused-ring (bicyclic) bond motifs is 1. The van der Waals surface area contributed by atoms with E-state index in [1.807, 2.05) is 36.0 Å². The van der Waals surface area contributed by atoms with Crippen molar-refractivity contribution in [1.82, 2.24) is 15.0 Å². The number of rotatable bonds is 3. The number of benzene rings is 1. The zero-order chi connectivity index (χ0) is 12.5. The van der Waals surface area contributed by atoms with Crippen LogP contribution in [0.25, 0.3) is 0 Å². The van der Waals surface area contributed by atoms with Gasteiger partial charge in [-0.05, 0) is 13.0 Å². The molecule has 2 heterocycles. The molecule has 4 nitrogen and oxygen atoms in total. The quantitative estimate of drug-likeness (QED) is 0.800. The summed E-state index contributed by atoms with van der Waals surface area (Å²) in [6.45, 7) is 3.36. The van der Waals surface area contributed by atoms with E-state index in [1.165, 1.54) is 5.56 Å². The fourth-order valence-corrected chi connectivity index (χ4v) is 2.29. The largest absolute Gasteiger partial charge is 0.493 e. The molecule has 94 valence electrons. The third-order valence-electron chi connectivity index (χ3n) is 3.17. The number of aromatic nitrogens is 3. The van der Waals surface area contributed by atoms with Gasteiger partial charge < -0.3 is 4.74 Å². The molecule has 0 saturated carbocycles. The number of ether oxygens (including phenoxy) is 1. The molecular weight excluding hydrogens is 250 g/mol. The standard InChI is InChI=1S/C13H14ClN3O/c1-9(14)12-7-17(16-15-12)6-10-8-18-13-5-3-2-4-11(10)13/h2-5,7,9-10H,6,8H2,1H3. The van der Waals surface area contributed by atoms with Crippen molar-refractivity contribution in [2.75, 3.05) is 6.61 Å². The van der Waals surface area contributed by atoms with Crippen LogP contribution in [-0.4, -0.2) is 21.6 Å². The maximum atomic E-state index is 5.97. The first-order chi connectivity index (χ1) is 8.74. The second-order valence-electron chi connectivity index (χ2n) is 4.53. The average molecular weight is 264 g/mol. The third-order valence-corrected chi connectivity index (χ3v) is 3.39. The van der Waals surface area contributed by atoms with Crippen molar-refractivity contribution in [3.8, 4) is 5.75 Å². The van der Waals surface area contributed by atoms with Gasteiger partial charge in [-0.15, -0.1) is 16.7 Å². The highest BCUT2D eigenvalue weighted by Crippen LogP contribution is 2.34. The molecule has 1 aromatic carbocycles. The lowest BCUT2D eigenvalue weighted by Gasteiger charge is -2.07. The van der Waals surface area contributed by atoms with E-state index in [2.05, 4.69) is 16.4 Å². The van der Waals surface area contributed by atoms with Gasteiger partial charge in [0, 0.05) is 17.7 Å². The Morgan fingerprint density at radius 2 is 2.33 bits per heavy atom. The van der Waals surface area contributed by atoms with E-state index in [1.54, 1.807) is 0 Å². The van der Waals surface area contributed by atoms with Crippen molar-refractivity contribution in [3.05, 3.63) is 41.7 Å². The number of halogens is 1. The van der Waals surface area contributed by atoms with Crippen LogP contribution in [0.2, 0.25) is 0 Å². The number of para-hydroxylation sites is 1. The number of alkyl halides is 1. The van der Waals surface area contributed by atoms with Crippen LogP contribution >= 0.6 is 11.6 Å². The summed E-state index contributed by atoms with van der Waals surface area (Å²) in [5.41, 5.74) is 2.05. The van der Waals surface area contributed by atoms with Gasteiger partial charge in [-0.25, -0.2) is 0 Å². The summed E-state index contributed by atoms with van der Waals surface area (Å²) < 4.78 is 7.49. The van der Waals surface area contributed by atoms with Crippen molar-refractivity contribution in [2.24, 2.45) is 0 Å². The van der Waals surface area contributed by atoms with Gasteiger partial charge in [0.15, 0.2) is 0 Å². The molecule has 5 heteroatoms. The summed E-state index contributed by atoms with van der Waals surface area (Å²) in [4.78, 5) is 0. The molecule has 0 aliphatic carbocycles. The highest BCUT2D eigenvalue weighted by molar-refractivity contribution is 6.20. The Kier molecular flexibility index (Phi) is 2.96. The lowest BCUT2D eigenvalue weighted by Crippen LogP contribution is -2.11. The van der Waals surface area contributed by atoms with Gasteiger partial charge in [-0.1, -0.05) is 23.4 Å². The van der Waals surface area contributed by atoms with E-state index in [0.29, 0.717) is 12.5 Å². The summed E-state index contributed by atoms with van der Waals surface area (Å²) in [6, 6.07) is 8.13. The predicted octanol–water partition coefficient (Wildman–Crippen LogP) is 2.75. The van der Waals surface area contributed by atoms with Gasteiger partial charge in [0.05, 0.1) is 18.5 Å². The molecule has 2 atom stereocenters. The van der Waals surface area contributed by atoms with E-state index in [9.17, 15) is 0 Å². The number of nitrogens with zero attached hydrogens (tertiary/aromatic N) is 3. The second-order valence-corrected chi connectivity index (χ2v) is 5.18. The van der Waals surface area contributed by atoms with Crippen molar-refractivity contribution in [3.63, 3.8) is 0 Å². The first-order valence-corrected chi connectivity index (χ1v) is 6.43. The molecule has 2 aromatic rings. The summed E-state index contributed by atoms with van der Waals surface area (Å²) >= 11 is 5.97. The van der Waals surface area contributed by atoms with Gasteiger partial charge in [0.25, 0.3) is 0 Å². The zero-order valence-electron chi connectivity index (χ0n) is 10.1. The molecule has 0 spiro atoms. The Hall–Kier alpha value is -1.55. The molecule has 2 unspecified atom stereocenters. The third kappa shape index (κ3) is 2.08. The highest BCUT2D eigenvalue weighted by atomic mass is 35.5. The van der Waals surface area contributed by atoms with Crippen molar-refractivity contribution in [1.29, 1.82) is 0 Å². The molecule has 3 rings (SSSR count). The molecule has 0 N–H and O–H groups in total. The molecule has 1 aliphatic rings. The van der Waals surface area contributed by atoms with Gasteiger partial charge in [0.2, 0.25) is 0 Å². The Balaban J connectivity index is 1.78. The van der Waals surface area contributed by atoms with E-state index in [0.717, 1.165) is 18.0 Å². The van der Waals surface area contributed by atoms with E-state index in [4.69, 9.17) is 16.3 Å². The number of hydrogen-bond donors (Lipinski definition) is 0. The van der Waals surface area contributed by atoms with E-state index >= 15 is 0 Å². The Morgan fingerprint density at radius 1 is 1.50 bits per heavy atom. The molecule has 0 saturated heterocycles. The maximum absolute atomic E-state index is 5.97. The fourth-order valence-electron chi connectivity index (χ4n) is 2.19. The maximum Gasteiger partial charge on any atom is 0.122 e. The molecule has 0 radical (unpaired) electrons. The Bertz CT molecular complexity index is 553. The van der Waals surface area contributed by atoms with Gasteiger partial charge in [0.1, 0.15) is 11.4 Å². The lowest BCUT2D eigenvalue weighted by atomic mass is 10.0. The lowest BCUT2D eigenvalue weighted by molar-refractivity contribution is 0.314. The monoisotopic (exact) mass is 263 g/mol. The molecular formula is C13H14ClN3O. The van der Waals surface area contributed by atoms with E-state index in [-0.39, 0.29) is 5.38 Å². The van der Waals surface area contributed by atoms with Crippen molar-refractivity contribution >= 4 is 11.6 Å². The minimum atomic E-state index is -0.106. The summed E-state index contributed by atoms with van der Waals surface area (Å²) in [5, 5.41) is 8.05. The summed E-state index contributed by atoms with van der Waals surface area (Å²) in [6.07, 6.45) is 1.90. The predicted molar refractivity (Wildman–Crippen MR) is 69.0 cm³/mol. The molecule has 0 amide bonds. The first-order valence-electron chi connectivity index (χ1n) is 6.00. The highest BCUT2D eigenvalue weighted by Gasteiger charge is 2.24. The first kappa shape index (κ1) is 11.5. The molecule has 1 aliphatic heterocycles. The average Bonchev–Trinajstić information content (AvgIpc) is 2.98. The van der Waals surface area contributed by atoms with Crippen LogP contribution < -0.4 is 4.74 Å². The van der Waals surface area contributed by atoms with Crippen LogP contribution in [0.5, 0.6) is 5.75 Å². The van der Waals surface area contributed by atoms with Gasteiger partial charge >= 0.3 is 0 Å². The summed E-state index contributed by atoms with van der Waals surface area (Å²) in [7, 11) is 0. The number of hydrogen-bond acceptors (Lipinski definition) is 3. The molecule has 0 fully saturated rings. The zero-order valence-corrected chi connectivity index (χ0v) is 10.8. The summed E-state index contributed by atoms with van der Waals surface area (Å²) in [5.74, 6) is 1.31. The fraction of sp³-hybridized carbons (Fsp3) is 0.385. The van der Waals surface area contributed by atoms with Crippen LogP contribution in [0.15, 0.2) is 30.5 Å². The molecule has 0 bridgehead atoms. The van der Waals surface area contributed by atoms with E-state index < -0.39 is 0 Å². The van der Waals surface area contributed by atoms with Crippen LogP contribution in [0.1, 0.15) is 29.5 Å². The van der Waals surface area contributed by atoms with Crippen molar-refractivity contribution < 1.29 is 4.74 Å². The normalized spacial score (nSPS) is 19.3. The Labute approximate surface area is 111 Å². The van der Waals surface area contributed by atoms with Crippen LogP contribution in [-0.2, 0) is 6.54 Å². The minimum Gasteiger partial charge on any atom is -0.493 e. The van der Waals surface area contributed by atoms with Gasteiger partial charge in [-0.3, -0.25) is 4.68 Å². The SMILES string of the molecule is CC(Cl)c1cn(CC2COc3ccccc32)nn1. The second kappa shape index (κ2) is 4.61. The topological polar surface area (TPSA) is 39.9 Å². The van der Waals surface area contributed by atoms with Crippen molar-refractivity contribution in [2.45, 2.75) is 24.8 Å². The smallest absolute Gasteiger partial charge is 0.122 e. The minimum absolute atomic E-state index is 0.106. The molecule has 18 heavy (non-hydrogen) atoms. The van der Waals surface area contributed by atoms with Crippen LogP contribution in [0, 0.1) is 0 Å². The van der Waals surface area contributed by atoms with Crippen LogP contribution in [0.4, 0.5) is 0 Å². The van der Waals surface area contributed by atoms with Gasteiger partial charge in [-0.2, -0.15) is 0 Å².